The SMILES string of the molecule is O=C(c1ccc(CC[C@H]2COc3ccccc3O2)nc1)N1CCCC1. The van der Waals surface area contributed by atoms with Crippen molar-refractivity contribution in [1.82, 2.24) is 9.88 Å². The van der Waals surface area contributed by atoms with Crippen molar-refractivity contribution in [2.75, 3.05) is 19.7 Å². The molecule has 2 aliphatic heterocycles. The van der Waals surface area contributed by atoms with Crippen LogP contribution in [0.5, 0.6) is 11.5 Å². The first-order valence-corrected chi connectivity index (χ1v) is 8.92. The van der Waals surface area contributed by atoms with Crippen molar-refractivity contribution in [2.45, 2.75) is 31.8 Å². The van der Waals surface area contributed by atoms with Crippen molar-refractivity contribution < 1.29 is 14.3 Å². The maximum Gasteiger partial charge on any atom is 0.255 e. The second-order valence-corrected chi connectivity index (χ2v) is 6.57. The molecule has 1 amide bonds. The zero-order valence-electron chi connectivity index (χ0n) is 14.2. The number of rotatable bonds is 4. The number of ether oxygens (including phenoxy) is 2. The standard InChI is InChI=1S/C20H22N2O3/c23-20(22-11-3-4-12-22)15-7-8-16(21-13-15)9-10-17-14-24-18-5-1-2-6-19(18)25-17/h1-2,5-8,13,17H,3-4,9-12,14H2/t17-/m0/s1. The van der Waals surface area contributed by atoms with Gasteiger partial charge in [-0.2, -0.15) is 0 Å². The van der Waals surface area contributed by atoms with E-state index < -0.39 is 0 Å². The molecule has 0 saturated carbocycles. The average molecular weight is 338 g/mol. The third-order valence-electron chi connectivity index (χ3n) is 4.75. The zero-order valence-corrected chi connectivity index (χ0v) is 14.2. The largest absolute Gasteiger partial charge is 0.486 e. The smallest absolute Gasteiger partial charge is 0.255 e. The molecule has 0 unspecified atom stereocenters. The molecule has 1 saturated heterocycles. The Labute approximate surface area is 147 Å². The van der Waals surface area contributed by atoms with E-state index >= 15 is 0 Å². The summed E-state index contributed by atoms with van der Waals surface area (Å²) in [7, 11) is 0. The Morgan fingerprint density at radius 3 is 2.68 bits per heavy atom. The van der Waals surface area contributed by atoms with Crippen molar-refractivity contribution in [3.8, 4) is 11.5 Å². The van der Waals surface area contributed by atoms with Gasteiger partial charge in [0.05, 0.1) is 5.56 Å². The van der Waals surface area contributed by atoms with Crippen molar-refractivity contribution in [2.24, 2.45) is 0 Å². The molecule has 5 heteroatoms. The van der Waals surface area contributed by atoms with Crippen LogP contribution >= 0.6 is 0 Å². The van der Waals surface area contributed by atoms with Gasteiger partial charge in [-0.1, -0.05) is 12.1 Å². The number of hydrogen-bond acceptors (Lipinski definition) is 4. The van der Waals surface area contributed by atoms with Gasteiger partial charge in [-0.3, -0.25) is 9.78 Å². The normalized spacial score (nSPS) is 19.0. The van der Waals surface area contributed by atoms with Crippen LogP contribution in [0.4, 0.5) is 0 Å². The molecule has 0 aliphatic carbocycles. The highest BCUT2D eigenvalue weighted by molar-refractivity contribution is 5.94. The lowest BCUT2D eigenvalue weighted by molar-refractivity contribution is 0.0792. The third kappa shape index (κ3) is 3.60. The molecule has 130 valence electrons. The minimum absolute atomic E-state index is 0.0302. The number of para-hydroxylation sites is 2. The molecule has 2 aliphatic rings. The van der Waals surface area contributed by atoms with Crippen molar-refractivity contribution >= 4 is 5.91 Å². The Morgan fingerprint density at radius 1 is 1.12 bits per heavy atom. The fraction of sp³-hybridized carbons (Fsp3) is 0.400. The maximum absolute atomic E-state index is 12.3. The third-order valence-corrected chi connectivity index (χ3v) is 4.75. The second-order valence-electron chi connectivity index (χ2n) is 6.57. The first-order valence-electron chi connectivity index (χ1n) is 8.92. The molecule has 0 N–H and O–H groups in total. The topological polar surface area (TPSA) is 51.7 Å². The van der Waals surface area contributed by atoms with Crippen LogP contribution in [0.3, 0.4) is 0 Å². The van der Waals surface area contributed by atoms with Gasteiger partial charge in [0.1, 0.15) is 12.7 Å². The Morgan fingerprint density at radius 2 is 1.92 bits per heavy atom. The summed E-state index contributed by atoms with van der Waals surface area (Å²) < 4.78 is 11.7. The van der Waals surface area contributed by atoms with Crippen LogP contribution in [0, 0.1) is 0 Å². The first-order chi connectivity index (χ1) is 12.3. The van der Waals surface area contributed by atoms with Crippen molar-refractivity contribution in [3.63, 3.8) is 0 Å². The summed E-state index contributed by atoms with van der Waals surface area (Å²) in [6, 6.07) is 11.6. The van der Waals surface area contributed by atoms with Crippen LogP contribution in [0.25, 0.3) is 0 Å². The molecule has 1 aromatic heterocycles. The molecule has 2 aromatic rings. The van der Waals surface area contributed by atoms with E-state index in [-0.39, 0.29) is 12.0 Å². The summed E-state index contributed by atoms with van der Waals surface area (Å²) in [5.74, 6) is 1.71. The minimum Gasteiger partial charge on any atom is -0.486 e. The molecule has 1 atom stereocenters. The highest BCUT2D eigenvalue weighted by Gasteiger charge is 2.21. The van der Waals surface area contributed by atoms with Gasteiger partial charge in [0, 0.05) is 25.0 Å². The van der Waals surface area contributed by atoms with Gasteiger partial charge in [0.2, 0.25) is 0 Å². The molecule has 1 fully saturated rings. The first kappa shape index (κ1) is 15.9. The van der Waals surface area contributed by atoms with E-state index in [1.165, 1.54) is 0 Å². The number of aromatic nitrogens is 1. The summed E-state index contributed by atoms with van der Waals surface area (Å²) in [6.45, 7) is 2.28. The predicted octanol–water partition coefficient (Wildman–Crippen LogP) is 3.09. The Kier molecular flexibility index (Phi) is 4.55. The van der Waals surface area contributed by atoms with Crippen LogP contribution in [0.1, 0.15) is 35.3 Å². The van der Waals surface area contributed by atoms with E-state index in [2.05, 4.69) is 4.98 Å². The number of pyridine rings is 1. The van der Waals surface area contributed by atoms with Gasteiger partial charge in [-0.15, -0.1) is 0 Å². The Hall–Kier alpha value is -2.56. The number of carbonyl (C=O) groups excluding carboxylic acids is 1. The molecular weight excluding hydrogens is 316 g/mol. The predicted molar refractivity (Wildman–Crippen MR) is 94.0 cm³/mol. The van der Waals surface area contributed by atoms with Gasteiger partial charge < -0.3 is 14.4 Å². The van der Waals surface area contributed by atoms with Crippen LogP contribution in [-0.4, -0.2) is 41.6 Å². The average Bonchev–Trinajstić information content (AvgIpc) is 3.21. The van der Waals surface area contributed by atoms with Crippen LogP contribution in [0.15, 0.2) is 42.6 Å². The van der Waals surface area contributed by atoms with E-state index in [1.807, 2.05) is 41.3 Å². The molecule has 1 aromatic carbocycles. The van der Waals surface area contributed by atoms with Gasteiger partial charge in [-0.05, 0) is 49.9 Å². The van der Waals surface area contributed by atoms with Gasteiger partial charge >= 0.3 is 0 Å². The fourth-order valence-corrected chi connectivity index (χ4v) is 3.32. The number of likely N-dealkylation sites (tertiary alicyclic amines) is 1. The summed E-state index contributed by atoms with van der Waals surface area (Å²) in [4.78, 5) is 18.7. The number of hydrogen-bond donors (Lipinski definition) is 0. The Balaban J connectivity index is 1.32. The zero-order chi connectivity index (χ0) is 17.1. The van der Waals surface area contributed by atoms with Crippen molar-refractivity contribution in [1.29, 1.82) is 0 Å². The van der Waals surface area contributed by atoms with E-state index in [4.69, 9.17) is 9.47 Å². The molecule has 0 bridgehead atoms. The fourth-order valence-electron chi connectivity index (χ4n) is 3.32. The van der Waals surface area contributed by atoms with E-state index in [1.54, 1.807) is 6.20 Å². The number of aryl methyl sites for hydroxylation is 1. The van der Waals surface area contributed by atoms with Gasteiger partial charge in [-0.25, -0.2) is 0 Å². The lowest BCUT2D eigenvalue weighted by Gasteiger charge is -2.26. The summed E-state index contributed by atoms with van der Waals surface area (Å²) in [5, 5.41) is 0. The molecule has 0 spiro atoms. The molecule has 5 nitrogen and oxygen atoms in total. The number of carbonyl (C=O) groups is 1. The summed E-state index contributed by atoms with van der Waals surface area (Å²) in [5.41, 5.74) is 1.65. The maximum atomic E-state index is 12.3. The van der Waals surface area contributed by atoms with E-state index in [0.717, 1.165) is 56.0 Å². The molecule has 3 heterocycles. The van der Waals surface area contributed by atoms with E-state index in [0.29, 0.717) is 12.2 Å². The number of fused-ring (bicyclic) bond motifs is 1. The molecular formula is C20H22N2O3. The summed E-state index contributed by atoms with van der Waals surface area (Å²) >= 11 is 0. The Bertz CT molecular complexity index is 739. The van der Waals surface area contributed by atoms with Crippen LogP contribution < -0.4 is 9.47 Å². The minimum atomic E-state index is 0.0302. The number of amides is 1. The van der Waals surface area contributed by atoms with Gasteiger partial charge in [0.15, 0.2) is 11.5 Å². The highest BCUT2D eigenvalue weighted by atomic mass is 16.6. The molecule has 25 heavy (non-hydrogen) atoms. The van der Waals surface area contributed by atoms with Crippen molar-refractivity contribution in [3.05, 3.63) is 53.9 Å². The van der Waals surface area contributed by atoms with E-state index in [9.17, 15) is 4.79 Å². The lowest BCUT2D eigenvalue weighted by atomic mass is 10.1. The number of benzene rings is 1. The second kappa shape index (κ2) is 7.13. The quantitative estimate of drug-likeness (QED) is 0.860. The molecule has 4 rings (SSSR count). The van der Waals surface area contributed by atoms with Gasteiger partial charge in [0.25, 0.3) is 5.91 Å². The lowest BCUT2D eigenvalue weighted by Crippen LogP contribution is -2.29. The van der Waals surface area contributed by atoms with Crippen LogP contribution in [0.2, 0.25) is 0 Å². The summed E-state index contributed by atoms with van der Waals surface area (Å²) in [6.07, 6.45) is 5.56. The van der Waals surface area contributed by atoms with Crippen LogP contribution in [-0.2, 0) is 6.42 Å². The number of nitrogens with zero attached hydrogens (tertiary/aromatic N) is 2. The highest BCUT2D eigenvalue weighted by Crippen LogP contribution is 2.31. The molecule has 0 radical (unpaired) electrons. The monoisotopic (exact) mass is 338 g/mol.